The zero-order chi connectivity index (χ0) is 13.7. The number of aromatic nitrogens is 1. The SMILES string of the molecule is CNCCN(C)C(=O)CCc1nc2ccccc2s1.Cl. The third-order valence-electron chi connectivity index (χ3n) is 3.01. The quantitative estimate of drug-likeness (QED) is 0.890. The highest BCUT2D eigenvalue weighted by molar-refractivity contribution is 7.18. The summed E-state index contributed by atoms with van der Waals surface area (Å²) in [6.45, 7) is 1.57. The van der Waals surface area contributed by atoms with Gasteiger partial charge in [-0.05, 0) is 19.2 Å². The molecule has 0 aliphatic heterocycles. The molecule has 0 radical (unpaired) electrons. The molecule has 0 bridgehead atoms. The fourth-order valence-corrected chi connectivity index (χ4v) is 2.80. The van der Waals surface area contributed by atoms with Crippen LogP contribution >= 0.6 is 23.7 Å². The lowest BCUT2D eigenvalue weighted by Crippen LogP contribution is -2.32. The fraction of sp³-hybridized carbons (Fsp3) is 0.429. The average molecular weight is 314 g/mol. The molecule has 0 spiro atoms. The Morgan fingerprint density at radius 2 is 2.15 bits per heavy atom. The zero-order valence-electron chi connectivity index (χ0n) is 11.8. The second-order valence-electron chi connectivity index (χ2n) is 4.49. The maximum absolute atomic E-state index is 11.9. The van der Waals surface area contributed by atoms with E-state index in [9.17, 15) is 4.79 Å². The number of amides is 1. The monoisotopic (exact) mass is 313 g/mol. The van der Waals surface area contributed by atoms with Crippen molar-refractivity contribution >= 4 is 39.9 Å². The number of carbonyl (C=O) groups is 1. The van der Waals surface area contributed by atoms with Crippen LogP contribution in [0.25, 0.3) is 10.2 Å². The van der Waals surface area contributed by atoms with Crippen LogP contribution in [0.5, 0.6) is 0 Å². The van der Waals surface area contributed by atoms with E-state index in [-0.39, 0.29) is 18.3 Å². The summed E-state index contributed by atoms with van der Waals surface area (Å²) in [6.07, 6.45) is 1.25. The molecule has 2 rings (SSSR count). The molecule has 110 valence electrons. The molecular formula is C14H20ClN3OS. The van der Waals surface area contributed by atoms with Crippen LogP contribution < -0.4 is 5.32 Å². The third-order valence-corrected chi connectivity index (χ3v) is 4.11. The molecule has 0 aliphatic rings. The smallest absolute Gasteiger partial charge is 0.222 e. The Kier molecular flexibility index (Phi) is 6.91. The average Bonchev–Trinajstić information content (AvgIpc) is 2.84. The Labute approximate surface area is 129 Å². The highest BCUT2D eigenvalue weighted by atomic mass is 35.5. The lowest BCUT2D eigenvalue weighted by Gasteiger charge is -2.16. The molecule has 6 heteroatoms. The fourth-order valence-electron chi connectivity index (χ4n) is 1.84. The molecule has 1 amide bonds. The maximum Gasteiger partial charge on any atom is 0.222 e. The summed E-state index contributed by atoms with van der Waals surface area (Å²) in [7, 11) is 3.73. The van der Waals surface area contributed by atoms with Gasteiger partial charge in [-0.15, -0.1) is 23.7 Å². The van der Waals surface area contributed by atoms with Gasteiger partial charge in [0.2, 0.25) is 5.91 Å². The molecule has 0 atom stereocenters. The van der Waals surface area contributed by atoms with Crippen molar-refractivity contribution in [2.24, 2.45) is 0 Å². The number of fused-ring (bicyclic) bond motifs is 1. The summed E-state index contributed by atoms with van der Waals surface area (Å²) in [4.78, 5) is 18.2. The van der Waals surface area contributed by atoms with Crippen LogP contribution in [0.15, 0.2) is 24.3 Å². The van der Waals surface area contributed by atoms with E-state index in [4.69, 9.17) is 0 Å². The first-order valence-corrected chi connectivity index (χ1v) is 7.25. The molecule has 0 aliphatic carbocycles. The summed E-state index contributed by atoms with van der Waals surface area (Å²) in [5, 5.41) is 4.08. The first kappa shape index (κ1) is 16.9. The van der Waals surface area contributed by atoms with Crippen LogP contribution in [0.1, 0.15) is 11.4 Å². The third kappa shape index (κ3) is 4.44. The van der Waals surface area contributed by atoms with Gasteiger partial charge in [-0.1, -0.05) is 12.1 Å². The molecular weight excluding hydrogens is 294 g/mol. The molecule has 4 nitrogen and oxygen atoms in total. The van der Waals surface area contributed by atoms with Gasteiger partial charge in [0.15, 0.2) is 0 Å². The Bertz CT molecular complexity index is 525. The summed E-state index contributed by atoms with van der Waals surface area (Å²) in [6, 6.07) is 8.08. The van der Waals surface area contributed by atoms with Crippen LogP contribution in [0.4, 0.5) is 0 Å². The summed E-state index contributed by atoms with van der Waals surface area (Å²) >= 11 is 1.67. The molecule has 1 N–H and O–H groups in total. The van der Waals surface area contributed by atoms with Crippen LogP contribution in [0, 0.1) is 0 Å². The molecule has 1 heterocycles. The summed E-state index contributed by atoms with van der Waals surface area (Å²) < 4.78 is 1.19. The first-order chi connectivity index (χ1) is 9.20. The van der Waals surface area contributed by atoms with Gasteiger partial charge in [-0.25, -0.2) is 4.98 Å². The molecule has 0 fully saturated rings. The van der Waals surface area contributed by atoms with Crippen molar-refractivity contribution in [2.45, 2.75) is 12.8 Å². The first-order valence-electron chi connectivity index (χ1n) is 6.43. The van der Waals surface area contributed by atoms with Gasteiger partial charge in [-0.3, -0.25) is 4.79 Å². The zero-order valence-corrected chi connectivity index (χ0v) is 13.4. The lowest BCUT2D eigenvalue weighted by atomic mass is 10.3. The number of carbonyl (C=O) groups excluding carboxylic acids is 1. The van der Waals surface area contributed by atoms with Crippen LogP contribution in [0.2, 0.25) is 0 Å². The second-order valence-corrected chi connectivity index (χ2v) is 5.61. The van der Waals surface area contributed by atoms with E-state index in [0.29, 0.717) is 6.42 Å². The highest BCUT2D eigenvalue weighted by Crippen LogP contribution is 2.22. The highest BCUT2D eigenvalue weighted by Gasteiger charge is 2.10. The molecule has 0 saturated carbocycles. The number of hydrogen-bond acceptors (Lipinski definition) is 4. The van der Waals surface area contributed by atoms with E-state index in [1.807, 2.05) is 32.3 Å². The topological polar surface area (TPSA) is 45.2 Å². The second kappa shape index (κ2) is 8.19. The number of nitrogens with one attached hydrogen (secondary N) is 1. The van der Waals surface area contributed by atoms with Crippen LogP contribution in [-0.2, 0) is 11.2 Å². The minimum atomic E-state index is 0. The normalized spacial score (nSPS) is 10.3. The van der Waals surface area contributed by atoms with Gasteiger partial charge in [0.25, 0.3) is 0 Å². The minimum absolute atomic E-state index is 0. The van der Waals surface area contributed by atoms with Crippen molar-refractivity contribution in [3.63, 3.8) is 0 Å². The Hall–Kier alpha value is -1.17. The number of para-hydroxylation sites is 1. The van der Waals surface area contributed by atoms with E-state index >= 15 is 0 Å². The minimum Gasteiger partial charge on any atom is -0.344 e. The van der Waals surface area contributed by atoms with Gasteiger partial charge in [0, 0.05) is 33.0 Å². The number of thiazole rings is 1. The molecule has 1 aromatic carbocycles. The summed E-state index contributed by atoms with van der Waals surface area (Å²) in [5.41, 5.74) is 1.03. The number of aryl methyl sites for hydroxylation is 1. The van der Waals surface area contributed by atoms with Crippen molar-refractivity contribution < 1.29 is 4.79 Å². The number of nitrogens with zero attached hydrogens (tertiary/aromatic N) is 2. The van der Waals surface area contributed by atoms with Crippen molar-refractivity contribution in [1.29, 1.82) is 0 Å². The number of halogens is 1. The van der Waals surface area contributed by atoms with Gasteiger partial charge in [0.05, 0.1) is 15.2 Å². The molecule has 0 saturated heterocycles. The van der Waals surface area contributed by atoms with Gasteiger partial charge in [-0.2, -0.15) is 0 Å². The number of hydrogen-bond donors (Lipinski definition) is 1. The van der Waals surface area contributed by atoms with Gasteiger partial charge in [0.1, 0.15) is 0 Å². The van der Waals surface area contributed by atoms with Crippen molar-refractivity contribution in [2.75, 3.05) is 27.2 Å². The maximum atomic E-state index is 11.9. The van der Waals surface area contributed by atoms with E-state index in [1.54, 1.807) is 16.2 Å². The van der Waals surface area contributed by atoms with E-state index in [0.717, 1.165) is 30.0 Å². The number of rotatable bonds is 6. The van der Waals surface area contributed by atoms with Crippen molar-refractivity contribution in [1.82, 2.24) is 15.2 Å². The summed E-state index contributed by atoms with van der Waals surface area (Å²) in [5.74, 6) is 0.175. The van der Waals surface area contributed by atoms with Gasteiger partial charge >= 0.3 is 0 Å². The Morgan fingerprint density at radius 1 is 1.40 bits per heavy atom. The number of benzene rings is 1. The van der Waals surface area contributed by atoms with E-state index < -0.39 is 0 Å². The van der Waals surface area contributed by atoms with E-state index in [2.05, 4.69) is 16.4 Å². The van der Waals surface area contributed by atoms with Crippen molar-refractivity contribution in [3.8, 4) is 0 Å². The van der Waals surface area contributed by atoms with Crippen LogP contribution in [-0.4, -0.2) is 43.0 Å². The molecule has 2 aromatic rings. The van der Waals surface area contributed by atoms with Crippen LogP contribution in [0.3, 0.4) is 0 Å². The number of likely N-dealkylation sites (N-methyl/N-ethyl adjacent to an activating group) is 2. The predicted octanol–water partition coefficient (Wildman–Crippen LogP) is 2.33. The van der Waals surface area contributed by atoms with Crippen molar-refractivity contribution in [3.05, 3.63) is 29.3 Å². The van der Waals surface area contributed by atoms with E-state index in [1.165, 1.54) is 4.70 Å². The molecule has 1 aromatic heterocycles. The molecule has 0 unspecified atom stereocenters. The Morgan fingerprint density at radius 3 is 2.85 bits per heavy atom. The lowest BCUT2D eigenvalue weighted by molar-refractivity contribution is -0.129. The van der Waals surface area contributed by atoms with Gasteiger partial charge < -0.3 is 10.2 Å². The standard InChI is InChI=1S/C14H19N3OS.ClH/c1-15-9-10-17(2)14(18)8-7-13-16-11-5-3-4-6-12(11)19-13;/h3-6,15H,7-10H2,1-2H3;1H. The predicted molar refractivity (Wildman–Crippen MR) is 86.8 cm³/mol. The largest absolute Gasteiger partial charge is 0.344 e. The Balaban J connectivity index is 0.00000200. The molecule has 20 heavy (non-hydrogen) atoms.